The van der Waals surface area contributed by atoms with Gasteiger partial charge in [0.2, 0.25) is 0 Å². The summed E-state index contributed by atoms with van der Waals surface area (Å²) in [5, 5.41) is 25.6. The molecule has 0 saturated carbocycles. The second-order valence-corrected chi connectivity index (χ2v) is 7.65. The van der Waals surface area contributed by atoms with Gasteiger partial charge in [-0.25, -0.2) is 0 Å². The summed E-state index contributed by atoms with van der Waals surface area (Å²) in [5.41, 5.74) is 2.76. The van der Waals surface area contributed by atoms with E-state index in [2.05, 4.69) is 0 Å². The van der Waals surface area contributed by atoms with E-state index in [1.165, 1.54) is 0 Å². The predicted octanol–water partition coefficient (Wildman–Crippen LogP) is 6.59. The molecular weight excluding hydrogens is 384 g/mol. The van der Waals surface area contributed by atoms with E-state index >= 15 is 0 Å². The van der Waals surface area contributed by atoms with Crippen LogP contribution in [0, 0.1) is 0 Å². The minimum atomic E-state index is -0.283. The number of rotatable bonds is 4. The molecule has 1 atom stereocenters. The number of hydrogen-bond acceptors (Lipinski definition) is 3. The van der Waals surface area contributed by atoms with Gasteiger partial charge in [0.05, 0.1) is 7.11 Å². The Labute approximate surface area is 180 Å². The fraction of sp³-hybridized carbons (Fsp3) is 0.0714. The van der Waals surface area contributed by atoms with Crippen molar-refractivity contribution in [2.24, 2.45) is 0 Å². The molecule has 0 aliphatic rings. The van der Waals surface area contributed by atoms with Crippen molar-refractivity contribution >= 4 is 21.5 Å². The lowest BCUT2D eigenvalue weighted by molar-refractivity contribution is 0.414. The van der Waals surface area contributed by atoms with Gasteiger partial charge in [0.15, 0.2) is 0 Å². The molecule has 0 radical (unpaired) electrons. The Morgan fingerprint density at radius 1 is 0.645 bits per heavy atom. The van der Waals surface area contributed by atoms with Crippen LogP contribution in [0.15, 0.2) is 97.1 Å². The van der Waals surface area contributed by atoms with Gasteiger partial charge in [-0.15, -0.1) is 0 Å². The first kappa shape index (κ1) is 19.0. The molecular formula is C28H22O3. The maximum Gasteiger partial charge on any atom is 0.123 e. The van der Waals surface area contributed by atoms with Crippen LogP contribution < -0.4 is 4.74 Å². The molecule has 0 amide bonds. The minimum Gasteiger partial charge on any atom is -0.508 e. The van der Waals surface area contributed by atoms with E-state index in [1.807, 2.05) is 84.9 Å². The van der Waals surface area contributed by atoms with Crippen molar-refractivity contribution < 1.29 is 14.9 Å². The van der Waals surface area contributed by atoms with Crippen molar-refractivity contribution in [2.45, 2.75) is 5.92 Å². The zero-order chi connectivity index (χ0) is 21.4. The average molecular weight is 406 g/mol. The molecule has 5 rings (SSSR count). The zero-order valence-corrected chi connectivity index (χ0v) is 17.1. The first-order valence-corrected chi connectivity index (χ1v) is 10.2. The first-order valence-electron chi connectivity index (χ1n) is 10.2. The van der Waals surface area contributed by atoms with Crippen molar-refractivity contribution in [2.75, 3.05) is 7.11 Å². The molecule has 0 aromatic heterocycles. The molecule has 3 heteroatoms. The summed E-state index contributed by atoms with van der Waals surface area (Å²) in [6.45, 7) is 0. The topological polar surface area (TPSA) is 49.7 Å². The van der Waals surface area contributed by atoms with Gasteiger partial charge in [-0.05, 0) is 51.6 Å². The standard InChI is InChI=1S/C28H22O3/c1-31-21-15-12-20(13-16-21)27(23-10-4-7-19-8-5-11-24(29)26(19)23)28-22-9-3-2-6-18(22)14-17-25(28)30/h2-17,27,29-30H,1H3/t27-/m0/s1. The lowest BCUT2D eigenvalue weighted by Crippen LogP contribution is -2.06. The summed E-state index contributed by atoms with van der Waals surface area (Å²) in [6, 6.07) is 31.2. The molecule has 0 spiro atoms. The van der Waals surface area contributed by atoms with Crippen LogP contribution in [-0.4, -0.2) is 17.3 Å². The molecule has 0 aliphatic heterocycles. The summed E-state index contributed by atoms with van der Waals surface area (Å²) in [7, 11) is 1.64. The Bertz CT molecular complexity index is 1380. The van der Waals surface area contributed by atoms with Crippen LogP contribution in [0.1, 0.15) is 22.6 Å². The number of methoxy groups -OCH3 is 1. The van der Waals surface area contributed by atoms with Crippen LogP contribution in [0.2, 0.25) is 0 Å². The number of fused-ring (bicyclic) bond motifs is 2. The lowest BCUT2D eigenvalue weighted by atomic mass is 9.80. The number of benzene rings is 5. The van der Waals surface area contributed by atoms with Crippen molar-refractivity contribution in [3.63, 3.8) is 0 Å². The molecule has 0 aliphatic carbocycles. The molecule has 3 nitrogen and oxygen atoms in total. The SMILES string of the molecule is COc1ccc([C@H](c2c(O)ccc3ccccc23)c2cccc3cccc(O)c23)cc1. The highest BCUT2D eigenvalue weighted by Crippen LogP contribution is 2.45. The third-order valence-electron chi connectivity index (χ3n) is 5.91. The highest BCUT2D eigenvalue weighted by Gasteiger charge is 2.25. The third kappa shape index (κ3) is 3.24. The van der Waals surface area contributed by atoms with Gasteiger partial charge in [0.25, 0.3) is 0 Å². The van der Waals surface area contributed by atoms with Crippen molar-refractivity contribution in [3.8, 4) is 17.2 Å². The maximum atomic E-state index is 11.1. The van der Waals surface area contributed by atoms with Crippen molar-refractivity contribution in [1.29, 1.82) is 0 Å². The van der Waals surface area contributed by atoms with E-state index in [9.17, 15) is 10.2 Å². The van der Waals surface area contributed by atoms with E-state index < -0.39 is 0 Å². The molecule has 0 fully saturated rings. The molecule has 0 saturated heterocycles. The van der Waals surface area contributed by atoms with Crippen LogP contribution in [0.25, 0.3) is 21.5 Å². The Kier molecular flexibility index (Phi) is 4.72. The monoisotopic (exact) mass is 406 g/mol. The second-order valence-electron chi connectivity index (χ2n) is 7.65. The smallest absolute Gasteiger partial charge is 0.123 e. The summed E-state index contributed by atoms with van der Waals surface area (Å²) in [6.07, 6.45) is 0. The van der Waals surface area contributed by atoms with E-state index in [4.69, 9.17) is 4.74 Å². The summed E-state index contributed by atoms with van der Waals surface area (Å²) in [4.78, 5) is 0. The van der Waals surface area contributed by atoms with E-state index in [-0.39, 0.29) is 17.4 Å². The minimum absolute atomic E-state index is 0.228. The molecule has 0 unspecified atom stereocenters. The number of phenolic OH excluding ortho intramolecular Hbond substituents is 2. The Morgan fingerprint density at radius 3 is 2.13 bits per heavy atom. The number of phenols is 2. The average Bonchev–Trinajstić information content (AvgIpc) is 2.81. The third-order valence-corrected chi connectivity index (χ3v) is 5.91. The van der Waals surface area contributed by atoms with Gasteiger partial charge in [-0.3, -0.25) is 0 Å². The zero-order valence-electron chi connectivity index (χ0n) is 17.1. The predicted molar refractivity (Wildman–Crippen MR) is 125 cm³/mol. The largest absolute Gasteiger partial charge is 0.508 e. The van der Waals surface area contributed by atoms with E-state index in [0.29, 0.717) is 0 Å². The molecule has 0 heterocycles. The quantitative estimate of drug-likeness (QED) is 0.331. The lowest BCUT2D eigenvalue weighted by Gasteiger charge is -2.24. The molecule has 5 aromatic carbocycles. The van der Waals surface area contributed by atoms with Gasteiger partial charge in [0, 0.05) is 16.9 Å². The number of ether oxygens (including phenoxy) is 1. The summed E-state index contributed by atoms with van der Waals surface area (Å²) < 4.78 is 5.35. The normalized spacial score (nSPS) is 12.2. The van der Waals surface area contributed by atoms with Gasteiger partial charge in [0.1, 0.15) is 17.2 Å². The van der Waals surface area contributed by atoms with E-state index in [1.54, 1.807) is 19.2 Å². The van der Waals surface area contributed by atoms with Gasteiger partial charge in [-0.1, -0.05) is 72.8 Å². The van der Waals surface area contributed by atoms with E-state index in [0.717, 1.165) is 44.0 Å². The maximum absolute atomic E-state index is 11.1. The highest BCUT2D eigenvalue weighted by atomic mass is 16.5. The molecule has 152 valence electrons. The van der Waals surface area contributed by atoms with Crippen LogP contribution in [0.3, 0.4) is 0 Å². The molecule has 0 bridgehead atoms. The number of hydrogen-bond donors (Lipinski definition) is 2. The Morgan fingerprint density at radius 2 is 1.35 bits per heavy atom. The first-order chi connectivity index (χ1) is 15.2. The van der Waals surface area contributed by atoms with Crippen LogP contribution >= 0.6 is 0 Å². The van der Waals surface area contributed by atoms with Crippen LogP contribution in [-0.2, 0) is 0 Å². The second kappa shape index (κ2) is 7.69. The summed E-state index contributed by atoms with van der Waals surface area (Å²) >= 11 is 0. The van der Waals surface area contributed by atoms with Gasteiger partial charge < -0.3 is 14.9 Å². The molecule has 5 aromatic rings. The fourth-order valence-electron chi connectivity index (χ4n) is 4.48. The summed E-state index contributed by atoms with van der Waals surface area (Å²) in [5.74, 6) is 0.942. The molecule has 2 N–H and O–H groups in total. The van der Waals surface area contributed by atoms with Gasteiger partial charge >= 0.3 is 0 Å². The fourth-order valence-corrected chi connectivity index (χ4v) is 4.48. The highest BCUT2D eigenvalue weighted by molar-refractivity contribution is 5.95. The van der Waals surface area contributed by atoms with Crippen molar-refractivity contribution in [3.05, 3.63) is 114 Å². The Balaban J connectivity index is 1.88. The number of aromatic hydroxyl groups is 2. The van der Waals surface area contributed by atoms with Gasteiger partial charge in [-0.2, -0.15) is 0 Å². The van der Waals surface area contributed by atoms with Crippen LogP contribution in [0.4, 0.5) is 0 Å². The Hall–Kier alpha value is -3.98. The van der Waals surface area contributed by atoms with Crippen molar-refractivity contribution in [1.82, 2.24) is 0 Å². The molecule has 31 heavy (non-hydrogen) atoms. The van der Waals surface area contributed by atoms with Crippen LogP contribution in [0.5, 0.6) is 17.2 Å².